The Morgan fingerprint density at radius 1 is 1.57 bits per heavy atom. The van der Waals surface area contributed by atoms with Crippen molar-refractivity contribution < 1.29 is 13.2 Å². The number of aromatic nitrogens is 2. The Labute approximate surface area is 81.6 Å². The van der Waals surface area contributed by atoms with Crippen molar-refractivity contribution in [1.82, 2.24) is 9.78 Å². The number of aldehydes is 1. The first-order chi connectivity index (χ1) is 6.57. The minimum Gasteiger partial charge on any atom is -0.298 e. The predicted molar refractivity (Wildman–Crippen MR) is 48.8 cm³/mol. The van der Waals surface area contributed by atoms with Crippen molar-refractivity contribution in [2.45, 2.75) is 23.1 Å². The van der Waals surface area contributed by atoms with E-state index < -0.39 is 9.84 Å². The Bertz CT molecular complexity index is 471. The van der Waals surface area contributed by atoms with Gasteiger partial charge in [-0.2, -0.15) is 5.10 Å². The molecule has 0 aromatic carbocycles. The van der Waals surface area contributed by atoms with Gasteiger partial charge in [0.1, 0.15) is 0 Å². The summed E-state index contributed by atoms with van der Waals surface area (Å²) in [5.41, 5.74) is 0.152. The molecule has 1 aliphatic rings. The molecule has 0 aliphatic heterocycles. The monoisotopic (exact) mass is 214 g/mol. The number of carbonyl (C=O) groups is 1. The lowest BCUT2D eigenvalue weighted by molar-refractivity contribution is 0.112. The molecule has 5 nitrogen and oxygen atoms in total. The molecule has 0 amide bonds. The minimum atomic E-state index is -3.33. The lowest BCUT2D eigenvalue weighted by Crippen LogP contribution is -2.14. The molecule has 76 valence electrons. The quantitative estimate of drug-likeness (QED) is 0.672. The van der Waals surface area contributed by atoms with Crippen LogP contribution in [0.25, 0.3) is 0 Å². The van der Waals surface area contributed by atoms with Gasteiger partial charge < -0.3 is 0 Å². The second kappa shape index (κ2) is 2.91. The SMILES string of the molecule is Cn1ncc(C=O)c1S(=O)(=O)C1CC1. The van der Waals surface area contributed by atoms with E-state index in [1.54, 1.807) is 0 Å². The molecule has 0 saturated heterocycles. The van der Waals surface area contributed by atoms with Crippen LogP contribution in [0.5, 0.6) is 0 Å². The van der Waals surface area contributed by atoms with Crippen LogP contribution in [0.1, 0.15) is 23.2 Å². The second-order valence-electron chi connectivity index (χ2n) is 3.39. The fraction of sp³-hybridized carbons (Fsp3) is 0.500. The van der Waals surface area contributed by atoms with Crippen LogP contribution in [-0.4, -0.2) is 29.7 Å². The standard InChI is InChI=1S/C8H10N2O3S/c1-10-8(6(5-11)4-9-10)14(12,13)7-2-3-7/h4-5,7H,2-3H2,1H3. The van der Waals surface area contributed by atoms with Crippen LogP contribution in [0.15, 0.2) is 11.2 Å². The molecule has 2 rings (SSSR count). The van der Waals surface area contributed by atoms with E-state index in [1.165, 1.54) is 17.9 Å². The largest absolute Gasteiger partial charge is 0.298 e. The Kier molecular flexibility index (Phi) is 1.95. The topological polar surface area (TPSA) is 69.0 Å². The van der Waals surface area contributed by atoms with Crippen molar-refractivity contribution in [3.63, 3.8) is 0 Å². The molecule has 1 aromatic rings. The molecule has 1 heterocycles. The maximum absolute atomic E-state index is 11.8. The van der Waals surface area contributed by atoms with Crippen LogP contribution in [0, 0.1) is 0 Å². The van der Waals surface area contributed by atoms with Gasteiger partial charge >= 0.3 is 0 Å². The van der Waals surface area contributed by atoms with Crippen molar-refractivity contribution in [3.05, 3.63) is 11.8 Å². The van der Waals surface area contributed by atoms with Gasteiger partial charge in [-0.1, -0.05) is 0 Å². The highest BCUT2D eigenvalue weighted by Gasteiger charge is 2.40. The van der Waals surface area contributed by atoms with Crippen LogP contribution in [0.4, 0.5) is 0 Å². The Balaban J connectivity index is 2.59. The maximum Gasteiger partial charge on any atom is 0.198 e. The van der Waals surface area contributed by atoms with Crippen LogP contribution in [-0.2, 0) is 16.9 Å². The smallest absolute Gasteiger partial charge is 0.198 e. The van der Waals surface area contributed by atoms with E-state index in [0.717, 1.165) is 0 Å². The summed E-state index contributed by atoms with van der Waals surface area (Å²) in [4.78, 5) is 10.6. The molecular formula is C8H10N2O3S. The molecule has 0 radical (unpaired) electrons. The zero-order chi connectivity index (χ0) is 10.3. The highest BCUT2D eigenvalue weighted by atomic mass is 32.2. The van der Waals surface area contributed by atoms with E-state index in [4.69, 9.17) is 0 Å². The predicted octanol–water partition coefficient (Wildman–Crippen LogP) is 0.169. The van der Waals surface area contributed by atoms with Gasteiger partial charge in [0.05, 0.1) is 17.0 Å². The number of hydrogen-bond donors (Lipinski definition) is 0. The van der Waals surface area contributed by atoms with Gasteiger partial charge in [-0.15, -0.1) is 0 Å². The summed E-state index contributed by atoms with van der Waals surface area (Å²) >= 11 is 0. The molecule has 1 aliphatic carbocycles. The van der Waals surface area contributed by atoms with Crippen LogP contribution < -0.4 is 0 Å². The normalized spacial score (nSPS) is 16.9. The molecule has 6 heteroatoms. The number of hydrogen-bond acceptors (Lipinski definition) is 4. The van der Waals surface area contributed by atoms with Crippen LogP contribution in [0.2, 0.25) is 0 Å². The van der Waals surface area contributed by atoms with Gasteiger partial charge in [-0.25, -0.2) is 8.42 Å². The summed E-state index contributed by atoms with van der Waals surface area (Å²) in [5, 5.41) is 3.51. The Morgan fingerprint density at radius 3 is 2.71 bits per heavy atom. The van der Waals surface area contributed by atoms with E-state index in [-0.39, 0.29) is 15.8 Å². The maximum atomic E-state index is 11.8. The average Bonchev–Trinajstić information content (AvgIpc) is 2.90. The molecule has 14 heavy (non-hydrogen) atoms. The summed E-state index contributed by atoms with van der Waals surface area (Å²) < 4.78 is 24.9. The fourth-order valence-electron chi connectivity index (χ4n) is 1.41. The van der Waals surface area contributed by atoms with Crippen molar-refractivity contribution >= 4 is 16.1 Å². The highest BCUT2D eigenvalue weighted by Crippen LogP contribution is 2.34. The first-order valence-corrected chi connectivity index (χ1v) is 5.83. The third kappa shape index (κ3) is 1.26. The molecule has 1 saturated carbocycles. The zero-order valence-electron chi connectivity index (χ0n) is 7.67. The summed E-state index contributed by atoms with van der Waals surface area (Å²) in [5.74, 6) is 0. The van der Waals surface area contributed by atoms with Crippen molar-refractivity contribution in [1.29, 1.82) is 0 Å². The van der Waals surface area contributed by atoms with Gasteiger partial charge in [0.15, 0.2) is 21.1 Å². The van der Waals surface area contributed by atoms with Crippen molar-refractivity contribution in [2.75, 3.05) is 0 Å². The van der Waals surface area contributed by atoms with Gasteiger partial charge in [0.2, 0.25) is 0 Å². The fourth-order valence-corrected chi connectivity index (χ4v) is 3.33. The molecule has 0 spiro atoms. The molecule has 0 bridgehead atoms. The second-order valence-corrected chi connectivity index (χ2v) is 5.53. The number of carbonyl (C=O) groups excluding carboxylic acids is 1. The van der Waals surface area contributed by atoms with Crippen molar-refractivity contribution in [2.24, 2.45) is 7.05 Å². The molecule has 0 N–H and O–H groups in total. The number of rotatable bonds is 3. The number of sulfone groups is 1. The summed E-state index contributed by atoms with van der Waals surface area (Å²) in [6.45, 7) is 0. The van der Waals surface area contributed by atoms with Crippen LogP contribution in [0.3, 0.4) is 0 Å². The van der Waals surface area contributed by atoms with Gasteiger partial charge in [0, 0.05) is 7.05 Å². The van der Waals surface area contributed by atoms with E-state index >= 15 is 0 Å². The summed E-state index contributed by atoms with van der Waals surface area (Å²) in [6.07, 6.45) is 3.18. The lowest BCUT2D eigenvalue weighted by atomic mass is 10.4. The third-order valence-electron chi connectivity index (χ3n) is 2.27. The van der Waals surface area contributed by atoms with E-state index in [2.05, 4.69) is 5.10 Å². The average molecular weight is 214 g/mol. The summed E-state index contributed by atoms with van der Waals surface area (Å²) in [7, 11) is -1.80. The molecular weight excluding hydrogens is 204 g/mol. The zero-order valence-corrected chi connectivity index (χ0v) is 8.49. The molecule has 0 unspecified atom stereocenters. The van der Waals surface area contributed by atoms with Crippen LogP contribution >= 0.6 is 0 Å². The van der Waals surface area contributed by atoms with Gasteiger partial charge in [-0.3, -0.25) is 9.48 Å². The summed E-state index contributed by atoms with van der Waals surface area (Å²) in [6, 6.07) is 0. The van der Waals surface area contributed by atoms with Gasteiger partial charge in [0.25, 0.3) is 0 Å². The number of aryl methyl sites for hydroxylation is 1. The Hall–Kier alpha value is -1.17. The van der Waals surface area contributed by atoms with E-state index in [9.17, 15) is 13.2 Å². The van der Waals surface area contributed by atoms with E-state index in [1.807, 2.05) is 0 Å². The Morgan fingerprint density at radius 2 is 2.21 bits per heavy atom. The molecule has 0 atom stereocenters. The first-order valence-electron chi connectivity index (χ1n) is 4.28. The lowest BCUT2D eigenvalue weighted by Gasteiger charge is -2.02. The third-order valence-corrected chi connectivity index (χ3v) is 4.66. The van der Waals surface area contributed by atoms with E-state index in [0.29, 0.717) is 19.1 Å². The first kappa shape index (κ1) is 9.39. The van der Waals surface area contributed by atoms with Crippen molar-refractivity contribution in [3.8, 4) is 0 Å². The molecule has 1 fully saturated rings. The van der Waals surface area contributed by atoms with Gasteiger partial charge in [-0.05, 0) is 12.8 Å². The minimum absolute atomic E-state index is 0.0509. The molecule has 1 aromatic heterocycles. The number of nitrogens with zero attached hydrogens (tertiary/aromatic N) is 2. The highest BCUT2D eigenvalue weighted by molar-refractivity contribution is 7.92.